The lowest BCUT2D eigenvalue weighted by atomic mass is 10.0. The number of amides is 1. The Morgan fingerprint density at radius 3 is 2.50 bits per heavy atom. The highest BCUT2D eigenvalue weighted by atomic mass is 32.2. The van der Waals surface area contributed by atoms with Gasteiger partial charge in [-0.1, -0.05) is 49.9 Å². The Bertz CT molecular complexity index is 925. The van der Waals surface area contributed by atoms with E-state index in [1.165, 1.54) is 17.3 Å². The summed E-state index contributed by atoms with van der Waals surface area (Å²) >= 11 is 1.36. The Hall–Kier alpha value is -2.86. The van der Waals surface area contributed by atoms with E-state index in [0.717, 1.165) is 22.7 Å². The highest BCUT2D eigenvalue weighted by Gasteiger charge is 2.07. The van der Waals surface area contributed by atoms with E-state index < -0.39 is 0 Å². The van der Waals surface area contributed by atoms with Crippen molar-refractivity contribution in [3.8, 4) is 17.0 Å². The normalized spacial score (nSPS) is 10.7. The van der Waals surface area contributed by atoms with Crippen LogP contribution in [0.2, 0.25) is 0 Å². The van der Waals surface area contributed by atoms with Gasteiger partial charge in [0.2, 0.25) is 5.91 Å². The number of carbonyl (C=O) groups is 1. The summed E-state index contributed by atoms with van der Waals surface area (Å²) in [5, 5.41) is 12.1. The molecule has 0 bridgehead atoms. The molecule has 5 nitrogen and oxygen atoms in total. The van der Waals surface area contributed by atoms with Gasteiger partial charge in [0.25, 0.3) is 0 Å². The first kappa shape index (κ1) is 19.9. The maximum absolute atomic E-state index is 12.2. The number of methoxy groups -OCH3 is 1. The van der Waals surface area contributed by atoms with Gasteiger partial charge in [0, 0.05) is 11.3 Å². The predicted octanol–water partition coefficient (Wildman–Crippen LogP) is 5.01. The van der Waals surface area contributed by atoms with E-state index in [0.29, 0.717) is 10.9 Å². The van der Waals surface area contributed by atoms with Crippen LogP contribution in [0, 0.1) is 0 Å². The molecule has 1 aromatic heterocycles. The van der Waals surface area contributed by atoms with Gasteiger partial charge in [0.1, 0.15) is 10.8 Å². The standard InChI is InChI=1S/C22H23N3O2S/c1-15(2)16-7-9-18(10-8-16)23-21(26)14-28-22-12-11-20(24-25-22)17-5-4-6-19(13-17)27-3/h4-13,15H,14H2,1-3H3,(H,23,26). The number of carbonyl (C=O) groups excluding carboxylic acids is 1. The van der Waals surface area contributed by atoms with Crippen molar-refractivity contribution in [3.63, 3.8) is 0 Å². The Morgan fingerprint density at radius 2 is 1.86 bits per heavy atom. The number of nitrogens with zero attached hydrogens (tertiary/aromatic N) is 2. The van der Waals surface area contributed by atoms with Gasteiger partial charge in [-0.15, -0.1) is 10.2 Å². The molecular formula is C22H23N3O2S. The van der Waals surface area contributed by atoms with Crippen molar-refractivity contribution in [2.45, 2.75) is 24.8 Å². The highest BCUT2D eigenvalue weighted by Crippen LogP contribution is 2.23. The minimum Gasteiger partial charge on any atom is -0.497 e. The van der Waals surface area contributed by atoms with E-state index in [-0.39, 0.29) is 11.7 Å². The topological polar surface area (TPSA) is 64.1 Å². The van der Waals surface area contributed by atoms with Crippen molar-refractivity contribution in [3.05, 3.63) is 66.2 Å². The summed E-state index contributed by atoms with van der Waals surface area (Å²) in [5.74, 6) is 1.45. The van der Waals surface area contributed by atoms with Crippen LogP contribution in [0.3, 0.4) is 0 Å². The first-order valence-corrected chi connectivity index (χ1v) is 10.0. The highest BCUT2D eigenvalue weighted by molar-refractivity contribution is 7.99. The quantitative estimate of drug-likeness (QED) is 0.572. The van der Waals surface area contributed by atoms with Gasteiger partial charge < -0.3 is 10.1 Å². The second-order valence-electron chi connectivity index (χ2n) is 6.60. The van der Waals surface area contributed by atoms with E-state index >= 15 is 0 Å². The molecule has 3 aromatic rings. The molecule has 0 fully saturated rings. The molecule has 0 aliphatic heterocycles. The zero-order chi connectivity index (χ0) is 19.9. The van der Waals surface area contributed by atoms with E-state index in [2.05, 4.69) is 29.4 Å². The Balaban J connectivity index is 1.54. The molecule has 0 unspecified atom stereocenters. The zero-order valence-corrected chi connectivity index (χ0v) is 17.0. The van der Waals surface area contributed by atoms with Crippen molar-refractivity contribution in [1.82, 2.24) is 10.2 Å². The van der Waals surface area contributed by atoms with Gasteiger partial charge in [0.05, 0.1) is 18.6 Å². The SMILES string of the molecule is COc1cccc(-c2ccc(SCC(=O)Nc3ccc(C(C)C)cc3)nn2)c1. The number of thioether (sulfide) groups is 1. The fourth-order valence-corrected chi connectivity index (χ4v) is 3.24. The van der Waals surface area contributed by atoms with Crippen molar-refractivity contribution in [1.29, 1.82) is 0 Å². The van der Waals surface area contributed by atoms with Crippen molar-refractivity contribution >= 4 is 23.4 Å². The molecule has 0 aliphatic rings. The lowest BCUT2D eigenvalue weighted by Gasteiger charge is -2.08. The molecule has 0 spiro atoms. The maximum atomic E-state index is 12.2. The first-order valence-electron chi connectivity index (χ1n) is 9.06. The van der Waals surface area contributed by atoms with E-state index in [4.69, 9.17) is 4.74 Å². The molecule has 0 saturated heterocycles. The van der Waals surface area contributed by atoms with Crippen LogP contribution in [0.15, 0.2) is 65.7 Å². The number of rotatable bonds is 7. The molecule has 0 aliphatic carbocycles. The number of hydrogen-bond donors (Lipinski definition) is 1. The predicted molar refractivity (Wildman–Crippen MR) is 114 cm³/mol. The fraction of sp³-hybridized carbons (Fsp3) is 0.227. The van der Waals surface area contributed by atoms with E-state index in [1.807, 2.05) is 60.7 Å². The van der Waals surface area contributed by atoms with E-state index in [1.54, 1.807) is 7.11 Å². The fourth-order valence-electron chi connectivity index (χ4n) is 2.62. The summed E-state index contributed by atoms with van der Waals surface area (Å²) in [6.45, 7) is 4.29. The molecule has 1 amide bonds. The minimum absolute atomic E-state index is 0.0685. The van der Waals surface area contributed by atoms with Gasteiger partial charge in [-0.25, -0.2) is 0 Å². The van der Waals surface area contributed by atoms with Crippen LogP contribution < -0.4 is 10.1 Å². The van der Waals surface area contributed by atoms with Crippen LogP contribution >= 0.6 is 11.8 Å². The third kappa shape index (κ3) is 5.33. The molecule has 144 valence electrons. The molecule has 0 atom stereocenters. The van der Waals surface area contributed by atoms with Crippen LogP contribution in [0.4, 0.5) is 5.69 Å². The number of ether oxygens (including phenoxy) is 1. The zero-order valence-electron chi connectivity index (χ0n) is 16.2. The molecule has 1 N–H and O–H groups in total. The first-order chi connectivity index (χ1) is 13.5. The molecule has 3 rings (SSSR count). The summed E-state index contributed by atoms with van der Waals surface area (Å²) in [7, 11) is 1.63. The van der Waals surface area contributed by atoms with Crippen LogP contribution in [0.25, 0.3) is 11.3 Å². The second-order valence-corrected chi connectivity index (χ2v) is 7.60. The average molecular weight is 394 g/mol. The second kappa shape index (κ2) is 9.37. The number of aromatic nitrogens is 2. The lowest BCUT2D eigenvalue weighted by molar-refractivity contribution is -0.113. The third-order valence-corrected chi connectivity index (χ3v) is 5.14. The number of benzene rings is 2. The number of anilines is 1. The monoisotopic (exact) mass is 393 g/mol. The molecule has 6 heteroatoms. The van der Waals surface area contributed by atoms with Gasteiger partial charge >= 0.3 is 0 Å². The Kier molecular flexibility index (Phi) is 6.66. The van der Waals surface area contributed by atoms with Gasteiger partial charge in [-0.05, 0) is 47.9 Å². The van der Waals surface area contributed by atoms with Gasteiger partial charge in [0.15, 0.2) is 0 Å². The summed E-state index contributed by atoms with van der Waals surface area (Å²) in [6.07, 6.45) is 0. The molecular weight excluding hydrogens is 370 g/mol. The molecule has 28 heavy (non-hydrogen) atoms. The third-order valence-electron chi connectivity index (χ3n) is 4.22. The molecule has 0 saturated carbocycles. The summed E-state index contributed by atoms with van der Waals surface area (Å²) < 4.78 is 5.24. The van der Waals surface area contributed by atoms with Crippen LogP contribution in [-0.4, -0.2) is 29.0 Å². The van der Waals surface area contributed by atoms with Crippen LogP contribution in [-0.2, 0) is 4.79 Å². The summed E-state index contributed by atoms with van der Waals surface area (Å²) in [5.41, 5.74) is 3.75. The summed E-state index contributed by atoms with van der Waals surface area (Å²) in [6, 6.07) is 19.4. The molecule has 1 heterocycles. The Labute approximate surface area is 169 Å². The maximum Gasteiger partial charge on any atom is 0.234 e. The largest absolute Gasteiger partial charge is 0.497 e. The molecule has 0 radical (unpaired) electrons. The van der Waals surface area contributed by atoms with E-state index in [9.17, 15) is 4.79 Å². The van der Waals surface area contributed by atoms with Crippen molar-refractivity contribution in [2.24, 2.45) is 0 Å². The average Bonchev–Trinajstić information content (AvgIpc) is 2.73. The number of hydrogen-bond acceptors (Lipinski definition) is 5. The Morgan fingerprint density at radius 1 is 1.07 bits per heavy atom. The lowest BCUT2D eigenvalue weighted by Crippen LogP contribution is -2.14. The van der Waals surface area contributed by atoms with Gasteiger partial charge in [-0.3, -0.25) is 4.79 Å². The van der Waals surface area contributed by atoms with Crippen LogP contribution in [0.1, 0.15) is 25.3 Å². The number of nitrogens with one attached hydrogen (secondary N) is 1. The van der Waals surface area contributed by atoms with Crippen molar-refractivity contribution < 1.29 is 9.53 Å². The van der Waals surface area contributed by atoms with Crippen LogP contribution in [0.5, 0.6) is 5.75 Å². The minimum atomic E-state index is -0.0685. The van der Waals surface area contributed by atoms with Crippen molar-refractivity contribution in [2.75, 3.05) is 18.2 Å². The van der Waals surface area contributed by atoms with Gasteiger partial charge in [-0.2, -0.15) is 0 Å². The smallest absolute Gasteiger partial charge is 0.234 e. The molecule has 2 aromatic carbocycles. The summed E-state index contributed by atoms with van der Waals surface area (Å²) in [4.78, 5) is 12.2.